The van der Waals surface area contributed by atoms with Crippen LogP contribution in [0.25, 0.3) is 5.57 Å². The van der Waals surface area contributed by atoms with Crippen LogP contribution in [-0.4, -0.2) is 10.1 Å². The molecule has 1 atom stereocenters. The Balaban J connectivity index is 1.98. The number of anilines is 1. The molecule has 0 N–H and O–H groups in total. The van der Waals surface area contributed by atoms with Gasteiger partial charge < -0.3 is 0 Å². The number of amides is 1. The van der Waals surface area contributed by atoms with Gasteiger partial charge in [0.2, 0.25) is 0 Å². The molecule has 2 aromatic rings. The summed E-state index contributed by atoms with van der Waals surface area (Å²) in [5, 5.41) is 0. The molecular formula is C17H12F3NO2S. The van der Waals surface area contributed by atoms with Crippen LogP contribution in [0.5, 0.6) is 0 Å². The second kappa shape index (κ2) is 5.90. The topological polar surface area (TPSA) is 37.4 Å². The van der Waals surface area contributed by atoms with E-state index < -0.39 is 28.6 Å². The first-order valence-corrected chi connectivity index (χ1v) is 8.11. The van der Waals surface area contributed by atoms with E-state index in [2.05, 4.69) is 0 Å². The van der Waals surface area contributed by atoms with E-state index in [4.69, 9.17) is 0 Å². The fourth-order valence-electron chi connectivity index (χ4n) is 2.48. The van der Waals surface area contributed by atoms with Crippen LogP contribution in [-0.2, 0) is 22.0 Å². The first kappa shape index (κ1) is 16.4. The number of benzene rings is 2. The number of carbonyl (C=O) groups is 1. The molecule has 0 fully saturated rings. The van der Waals surface area contributed by atoms with Crippen molar-refractivity contribution in [2.75, 3.05) is 4.31 Å². The molecule has 0 saturated carbocycles. The number of alkyl halides is 3. The van der Waals surface area contributed by atoms with Crippen molar-refractivity contribution < 1.29 is 22.2 Å². The number of rotatable bonds is 2. The summed E-state index contributed by atoms with van der Waals surface area (Å²) in [6, 6.07) is 12.8. The molecule has 0 aliphatic carbocycles. The molecule has 24 heavy (non-hydrogen) atoms. The van der Waals surface area contributed by atoms with Gasteiger partial charge in [-0.2, -0.15) is 13.2 Å². The lowest BCUT2D eigenvalue weighted by atomic mass is 10.0. The van der Waals surface area contributed by atoms with E-state index in [0.29, 0.717) is 16.0 Å². The van der Waals surface area contributed by atoms with Crippen LogP contribution in [0, 0.1) is 0 Å². The zero-order valence-corrected chi connectivity index (χ0v) is 13.3. The monoisotopic (exact) mass is 351 g/mol. The fourth-order valence-corrected chi connectivity index (χ4v) is 3.69. The van der Waals surface area contributed by atoms with E-state index in [9.17, 15) is 22.2 Å². The van der Waals surface area contributed by atoms with E-state index in [1.807, 2.05) is 0 Å². The van der Waals surface area contributed by atoms with Crippen molar-refractivity contribution in [3.8, 4) is 0 Å². The third-order valence-electron chi connectivity index (χ3n) is 3.67. The van der Waals surface area contributed by atoms with Gasteiger partial charge in [0.05, 0.1) is 16.8 Å². The minimum Gasteiger partial charge on any atom is -0.268 e. The molecule has 1 aliphatic rings. The maximum Gasteiger partial charge on any atom is 0.416 e. The van der Waals surface area contributed by atoms with Crippen molar-refractivity contribution in [1.82, 2.24) is 0 Å². The number of hydrogen-bond donors (Lipinski definition) is 0. The second-order valence-electron chi connectivity index (χ2n) is 5.19. The van der Waals surface area contributed by atoms with Gasteiger partial charge in [-0.25, -0.2) is 8.51 Å². The Morgan fingerprint density at radius 3 is 2.08 bits per heavy atom. The second-order valence-corrected chi connectivity index (χ2v) is 6.67. The van der Waals surface area contributed by atoms with Crippen LogP contribution >= 0.6 is 0 Å². The Kier molecular flexibility index (Phi) is 4.04. The molecule has 1 unspecified atom stereocenters. The normalized spacial score (nSPS) is 18.4. The van der Waals surface area contributed by atoms with Crippen molar-refractivity contribution in [2.24, 2.45) is 0 Å². The molecule has 124 valence electrons. The molecule has 3 nitrogen and oxygen atoms in total. The van der Waals surface area contributed by atoms with Gasteiger partial charge >= 0.3 is 6.18 Å². The number of nitrogens with zero attached hydrogens (tertiary/aromatic N) is 1. The van der Waals surface area contributed by atoms with Crippen molar-refractivity contribution in [2.45, 2.75) is 13.1 Å². The summed E-state index contributed by atoms with van der Waals surface area (Å²) < 4.78 is 51.5. The zero-order chi connectivity index (χ0) is 17.5. The fraction of sp³-hybridized carbons (Fsp3) is 0.118. The van der Waals surface area contributed by atoms with Crippen LogP contribution in [0.3, 0.4) is 0 Å². The molecule has 2 aromatic carbocycles. The van der Waals surface area contributed by atoms with Gasteiger partial charge in [-0.05, 0) is 36.8 Å². The summed E-state index contributed by atoms with van der Waals surface area (Å²) in [5.41, 5.74) is 0.282. The average molecular weight is 351 g/mol. The number of halogens is 3. The smallest absolute Gasteiger partial charge is 0.268 e. The molecule has 3 rings (SSSR count). The van der Waals surface area contributed by atoms with Gasteiger partial charge in [-0.1, -0.05) is 30.3 Å². The van der Waals surface area contributed by atoms with E-state index in [1.54, 1.807) is 37.3 Å². The molecule has 1 aliphatic heterocycles. The van der Waals surface area contributed by atoms with E-state index >= 15 is 0 Å². The van der Waals surface area contributed by atoms with E-state index in [-0.39, 0.29) is 5.69 Å². The first-order valence-electron chi connectivity index (χ1n) is 7.00. The number of carbonyl (C=O) groups excluding carboxylic acids is 1. The highest BCUT2D eigenvalue weighted by molar-refractivity contribution is 7.92. The van der Waals surface area contributed by atoms with Crippen LogP contribution in [0.4, 0.5) is 18.9 Å². The van der Waals surface area contributed by atoms with Gasteiger partial charge in [0, 0.05) is 4.91 Å². The molecular weight excluding hydrogens is 339 g/mol. The molecule has 7 heteroatoms. The predicted molar refractivity (Wildman–Crippen MR) is 86.1 cm³/mol. The zero-order valence-electron chi connectivity index (χ0n) is 12.5. The molecule has 0 spiro atoms. The lowest BCUT2D eigenvalue weighted by Crippen LogP contribution is -2.27. The summed E-state index contributed by atoms with van der Waals surface area (Å²) >= 11 is 0. The average Bonchev–Trinajstić information content (AvgIpc) is 2.77. The predicted octanol–water partition coefficient (Wildman–Crippen LogP) is 4.15. The third-order valence-corrected chi connectivity index (χ3v) is 5.11. The van der Waals surface area contributed by atoms with Crippen LogP contribution in [0.2, 0.25) is 0 Å². The summed E-state index contributed by atoms with van der Waals surface area (Å²) in [6.07, 6.45) is -4.46. The van der Waals surface area contributed by atoms with Gasteiger partial charge in [-0.3, -0.25) is 4.79 Å². The molecule has 0 saturated heterocycles. The Labute approximate surface area is 139 Å². The lowest BCUT2D eigenvalue weighted by molar-refractivity contribution is -0.137. The van der Waals surface area contributed by atoms with E-state index in [0.717, 1.165) is 28.6 Å². The van der Waals surface area contributed by atoms with Gasteiger partial charge in [0.1, 0.15) is 0 Å². The summed E-state index contributed by atoms with van der Waals surface area (Å²) in [7, 11) is -1.76. The number of hydrogen-bond acceptors (Lipinski definition) is 2. The first-order chi connectivity index (χ1) is 11.3. The summed E-state index contributed by atoms with van der Waals surface area (Å²) in [5.74, 6) is -0.489. The Morgan fingerprint density at radius 2 is 1.54 bits per heavy atom. The minimum absolute atomic E-state index is 0.164. The van der Waals surface area contributed by atoms with Crippen molar-refractivity contribution >= 4 is 28.2 Å². The van der Waals surface area contributed by atoms with Gasteiger partial charge in [0.15, 0.2) is 11.0 Å². The van der Waals surface area contributed by atoms with Gasteiger partial charge in [0.25, 0.3) is 5.91 Å². The Bertz CT molecular complexity index is 842. The summed E-state index contributed by atoms with van der Waals surface area (Å²) in [6.45, 7) is 1.58. The van der Waals surface area contributed by atoms with Gasteiger partial charge in [-0.15, -0.1) is 0 Å². The Morgan fingerprint density at radius 1 is 0.958 bits per heavy atom. The Hall–Kier alpha value is -2.41. The molecule has 0 bridgehead atoms. The molecule has 0 aromatic heterocycles. The summed E-state index contributed by atoms with van der Waals surface area (Å²) in [4.78, 5) is 13.0. The highest BCUT2D eigenvalue weighted by Gasteiger charge is 2.37. The molecule has 1 amide bonds. The maximum absolute atomic E-state index is 12.7. The number of allylic oxidation sites excluding steroid dienone is 1. The van der Waals surface area contributed by atoms with Crippen LogP contribution in [0.1, 0.15) is 18.1 Å². The maximum atomic E-state index is 12.7. The molecule has 1 heterocycles. The third kappa shape index (κ3) is 2.75. The van der Waals surface area contributed by atoms with Crippen molar-refractivity contribution in [1.29, 1.82) is 0 Å². The standard InChI is InChI=1S/C17H12F3NO2S/c1-11-15(12-5-3-2-4-6-12)16(22)21(24(11)23)14-9-7-13(8-10-14)17(18,19)20/h2-10H,1H3. The van der Waals surface area contributed by atoms with Crippen molar-refractivity contribution in [3.63, 3.8) is 0 Å². The van der Waals surface area contributed by atoms with E-state index in [1.165, 1.54) is 0 Å². The SMILES string of the molecule is CC1=C(c2ccccc2)C(=O)N(c2ccc(C(F)(F)F)cc2)S1=O. The van der Waals surface area contributed by atoms with Crippen LogP contribution in [0.15, 0.2) is 59.5 Å². The lowest BCUT2D eigenvalue weighted by Gasteiger charge is -2.16. The molecule has 0 radical (unpaired) electrons. The quantitative estimate of drug-likeness (QED) is 0.815. The van der Waals surface area contributed by atoms with Crippen LogP contribution < -0.4 is 4.31 Å². The van der Waals surface area contributed by atoms with Crippen molar-refractivity contribution in [3.05, 3.63) is 70.6 Å². The largest absolute Gasteiger partial charge is 0.416 e. The highest BCUT2D eigenvalue weighted by atomic mass is 32.2. The highest BCUT2D eigenvalue weighted by Crippen LogP contribution is 2.36. The minimum atomic E-state index is -4.46.